The first kappa shape index (κ1) is 11.4. The van der Waals surface area contributed by atoms with Gasteiger partial charge in [-0.25, -0.2) is 4.39 Å². The van der Waals surface area contributed by atoms with Crippen LogP contribution in [0.5, 0.6) is 0 Å². The molecule has 0 radical (unpaired) electrons. The van der Waals surface area contributed by atoms with E-state index in [1.807, 2.05) is 0 Å². The molecule has 1 fully saturated rings. The van der Waals surface area contributed by atoms with E-state index in [1.54, 1.807) is 6.07 Å². The molecular weight excluding hydrogens is 301 g/mol. The van der Waals surface area contributed by atoms with Crippen LogP contribution in [-0.2, 0) is 0 Å². The largest absolute Gasteiger partial charge is 0.339 e. The van der Waals surface area contributed by atoms with Crippen LogP contribution in [0.4, 0.5) is 4.39 Å². The fraction of sp³-hybridized carbons (Fsp3) is 0.250. The van der Waals surface area contributed by atoms with Crippen LogP contribution in [-0.4, -0.2) is 10.1 Å². The average molecular weight is 308 g/mol. The van der Waals surface area contributed by atoms with Crippen LogP contribution < -0.4 is 0 Å². The molecule has 90 valence electrons. The third kappa shape index (κ3) is 1.91. The molecule has 2 aromatic rings. The standard InChI is InChI=1S/C12H7BrFN3O/c13-10-4-7(14)1-2-8(10)11-16-12(18-17-11)9-3-6(9)5-15/h1-2,4,6,9H,3H2. The Labute approximate surface area is 111 Å². The third-order valence-electron chi connectivity index (χ3n) is 2.89. The van der Waals surface area contributed by atoms with Crippen molar-refractivity contribution in [3.63, 3.8) is 0 Å². The first-order valence-corrected chi connectivity index (χ1v) is 6.17. The van der Waals surface area contributed by atoms with Crippen LogP contribution in [0.2, 0.25) is 0 Å². The summed E-state index contributed by atoms with van der Waals surface area (Å²) < 4.78 is 18.7. The topological polar surface area (TPSA) is 62.7 Å². The maximum atomic E-state index is 13.0. The van der Waals surface area contributed by atoms with E-state index in [2.05, 4.69) is 32.1 Å². The summed E-state index contributed by atoms with van der Waals surface area (Å²) in [7, 11) is 0. The molecule has 1 saturated carbocycles. The molecule has 1 aliphatic carbocycles. The highest BCUT2D eigenvalue weighted by Crippen LogP contribution is 2.46. The van der Waals surface area contributed by atoms with Gasteiger partial charge in [0, 0.05) is 10.0 Å². The van der Waals surface area contributed by atoms with Crippen LogP contribution in [0.3, 0.4) is 0 Å². The molecule has 0 amide bonds. The minimum Gasteiger partial charge on any atom is -0.339 e. The molecule has 18 heavy (non-hydrogen) atoms. The van der Waals surface area contributed by atoms with Gasteiger partial charge >= 0.3 is 0 Å². The summed E-state index contributed by atoms with van der Waals surface area (Å²) in [5.74, 6) is 0.583. The lowest BCUT2D eigenvalue weighted by Crippen LogP contribution is -1.86. The van der Waals surface area contributed by atoms with Crippen molar-refractivity contribution in [3.05, 3.63) is 34.4 Å². The Balaban J connectivity index is 1.92. The summed E-state index contributed by atoms with van der Waals surface area (Å²) in [5.41, 5.74) is 0.667. The van der Waals surface area contributed by atoms with Crippen molar-refractivity contribution in [1.29, 1.82) is 5.26 Å². The molecule has 0 N–H and O–H groups in total. The van der Waals surface area contributed by atoms with Gasteiger partial charge in [-0.15, -0.1) is 0 Å². The molecule has 0 spiro atoms. The highest BCUT2D eigenvalue weighted by molar-refractivity contribution is 9.10. The summed E-state index contributed by atoms with van der Waals surface area (Å²) in [5, 5.41) is 12.6. The fourth-order valence-corrected chi connectivity index (χ4v) is 2.30. The van der Waals surface area contributed by atoms with Crippen molar-refractivity contribution in [2.45, 2.75) is 12.3 Å². The van der Waals surface area contributed by atoms with E-state index in [4.69, 9.17) is 9.78 Å². The van der Waals surface area contributed by atoms with Gasteiger partial charge in [-0.2, -0.15) is 10.2 Å². The van der Waals surface area contributed by atoms with Gasteiger partial charge in [-0.05, 0) is 40.5 Å². The number of rotatable bonds is 2. The molecule has 1 aromatic carbocycles. The van der Waals surface area contributed by atoms with Crippen molar-refractivity contribution in [2.75, 3.05) is 0 Å². The molecule has 6 heteroatoms. The van der Waals surface area contributed by atoms with Crippen LogP contribution in [0.25, 0.3) is 11.4 Å². The van der Waals surface area contributed by atoms with Crippen molar-refractivity contribution < 1.29 is 8.91 Å². The highest BCUT2D eigenvalue weighted by Gasteiger charge is 2.43. The van der Waals surface area contributed by atoms with Gasteiger partial charge in [0.1, 0.15) is 5.82 Å². The SMILES string of the molecule is N#CC1CC1c1nc(-c2ccc(F)cc2Br)no1. The molecule has 2 atom stereocenters. The Morgan fingerprint density at radius 1 is 1.50 bits per heavy atom. The summed E-state index contributed by atoms with van der Waals surface area (Å²) in [6, 6.07) is 6.44. The predicted octanol–water partition coefficient (Wildman–Crippen LogP) is 3.27. The van der Waals surface area contributed by atoms with Crippen LogP contribution in [0, 0.1) is 23.1 Å². The summed E-state index contributed by atoms with van der Waals surface area (Å²) in [6.07, 6.45) is 0.767. The van der Waals surface area contributed by atoms with Gasteiger partial charge in [0.05, 0.1) is 17.9 Å². The van der Waals surface area contributed by atoms with E-state index in [9.17, 15) is 4.39 Å². The van der Waals surface area contributed by atoms with E-state index in [0.717, 1.165) is 6.42 Å². The first-order valence-electron chi connectivity index (χ1n) is 5.37. The summed E-state index contributed by atoms with van der Waals surface area (Å²) >= 11 is 3.26. The summed E-state index contributed by atoms with van der Waals surface area (Å²) in [4.78, 5) is 4.25. The van der Waals surface area contributed by atoms with Crippen molar-refractivity contribution in [1.82, 2.24) is 10.1 Å². The summed E-state index contributed by atoms with van der Waals surface area (Å²) in [6.45, 7) is 0. The molecular formula is C12H7BrFN3O. The maximum Gasteiger partial charge on any atom is 0.231 e. The molecule has 0 bridgehead atoms. The first-order chi connectivity index (χ1) is 8.69. The molecule has 4 nitrogen and oxygen atoms in total. The van der Waals surface area contributed by atoms with Crippen LogP contribution >= 0.6 is 15.9 Å². The van der Waals surface area contributed by atoms with E-state index in [0.29, 0.717) is 21.8 Å². The fourth-order valence-electron chi connectivity index (χ4n) is 1.78. The average Bonchev–Trinajstić information content (AvgIpc) is 2.99. The second kappa shape index (κ2) is 4.18. The lowest BCUT2D eigenvalue weighted by Gasteiger charge is -1.97. The zero-order valence-corrected chi connectivity index (χ0v) is 10.7. The number of hydrogen-bond donors (Lipinski definition) is 0. The Morgan fingerprint density at radius 2 is 2.33 bits per heavy atom. The van der Waals surface area contributed by atoms with Gasteiger partial charge in [0.2, 0.25) is 11.7 Å². The second-order valence-electron chi connectivity index (χ2n) is 4.16. The van der Waals surface area contributed by atoms with Gasteiger partial charge in [0.15, 0.2) is 0 Å². The van der Waals surface area contributed by atoms with Crippen molar-refractivity contribution in [3.8, 4) is 17.5 Å². The Bertz CT molecular complexity index is 649. The molecule has 2 unspecified atom stereocenters. The van der Waals surface area contributed by atoms with E-state index >= 15 is 0 Å². The zero-order valence-electron chi connectivity index (χ0n) is 9.10. The molecule has 0 saturated heterocycles. The monoisotopic (exact) mass is 307 g/mol. The van der Waals surface area contributed by atoms with Crippen molar-refractivity contribution >= 4 is 15.9 Å². The maximum absolute atomic E-state index is 13.0. The number of halogens is 2. The molecule has 1 aliphatic rings. The highest BCUT2D eigenvalue weighted by atomic mass is 79.9. The molecule has 3 rings (SSSR count). The molecule has 1 heterocycles. The van der Waals surface area contributed by atoms with Crippen molar-refractivity contribution in [2.24, 2.45) is 5.92 Å². The van der Waals surface area contributed by atoms with E-state index in [1.165, 1.54) is 12.1 Å². The zero-order chi connectivity index (χ0) is 12.7. The third-order valence-corrected chi connectivity index (χ3v) is 3.54. The van der Waals surface area contributed by atoms with Gasteiger partial charge in [0.25, 0.3) is 0 Å². The predicted molar refractivity (Wildman–Crippen MR) is 63.9 cm³/mol. The lowest BCUT2D eigenvalue weighted by atomic mass is 10.2. The minimum atomic E-state index is -0.332. The Morgan fingerprint density at radius 3 is 3.00 bits per heavy atom. The number of nitrogens with zero attached hydrogens (tertiary/aromatic N) is 3. The van der Waals surface area contributed by atoms with Gasteiger partial charge < -0.3 is 4.52 Å². The molecule has 0 aliphatic heterocycles. The Hall–Kier alpha value is -1.74. The van der Waals surface area contributed by atoms with Gasteiger partial charge in [-0.1, -0.05) is 5.16 Å². The van der Waals surface area contributed by atoms with E-state index < -0.39 is 0 Å². The number of hydrogen-bond acceptors (Lipinski definition) is 4. The smallest absolute Gasteiger partial charge is 0.231 e. The number of aromatic nitrogens is 2. The van der Waals surface area contributed by atoms with Crippen LogP contribution in [0.15, 0.2) is 27.2 Å². The van der Waals surface area contributed by atoms with E-state index in [-0.39, 0.29) is 17.7 Å². The lowest BCUT2D eigenvalue weighted by molar-refractivity contribution is 0.378. The normalized spacial score (nSPS) is 21.6. The Kier molecular flexibility index (Phi) is 2.63. The second-order valence-corrected chi connectivity index (χ2v) is 5.01. The minimum absolute atomic E-state index is 0.0186. The number of nitriles is 1. The van der Waals surface area contributed by atoms with Gasteiger partial charge in [-0.3, -0.25) is 0 Å². The number of benzene rings is 1. The quantitative estimate of drug-likeness (QED) is 0.854. The molecule has 1 aromatic heterocycles. The van der Waals surface area contributed by atoms with Crippen LogP contribution in [0.1, 0.15) is 18.2 Å².